The van der Waals surface area contributed by atoms with Crippen LogP contribution < -0.4 is 5.32 Å². The molecule has 2 rings (SSSR count). The van der Waals surface area contributed by atoms with E-state index in [9.17, 15) is 13.6 Å². The molecule has 0 aliphatic carbocycles. The first-order valence-electron chi connectivity index (χ1n) is 8.47. The SMILES string of the molecule is CC(=Cc1ccc(F)cc1F)CNC1CCN(C(=O)OC(C)(C)C)C1. The number of rotatable bonds is 4. The van der Waals surface area contributed by atoms with Crippen molar-refractivity contribution in [2.75, 3.05) is 19.6 Å². The van der Waals surface area contributed by atoms with Gasteiger partial charge in [-0.1, -0.05) is 11.6 Å². The van der Waals surface area contributed by atoms with E-state index in [1.54, 1.807) is 11.0 Å². The molecule has 1 aliphatic rings. The van der Waals surface area contributed by atoms with Crippen molar-refractivity contribution in [3.05, 3.63) is 41.0 Å². The molecule has 1 atom stereocenters. The van der Waals surface area contributed by atoms with E-state index in [2.05, 4.69) is 5.32 Å². The highest BCUT2D eigenvalue weighted by atomic mass is 19.1. The van der Waals surface area contributed by atoms with Crippen molar-refractivity contribution >= 4 is 12.2 Å². The maximum atomic E-state index is 13.7. The third-order valence-electron chi connectivity index (χ3n) is 3.87. The lowest BCUT2D eigenvalue weighted by atomic mass is 10.1. The second kappa shape index (κ2) is 7.95. The van der Waals surface area contributed by atoms with Gasteiger partial charge in [0.15, 0.2) is 0 Å². The third kappa shape index (κ3) is 6.12. The van der Waals surface area contributed by atoms with E-state index in [0.717, 1.165) is 18.1 Å². The van der Waals surface area contributed by atoms with E-state index in [-0.39, 0.29) is 12.1 Å². The first-order chi connectivity index (χ1) is 11.6. The highest BCUT2D eigenvalue weighted by Gasteiger charge is 2.29. The second-order valence-corrected chi connectivity index (χ2v) is 7.45. The molecule has 1 unspecified atom stereocenters. The highest BCUT2D eigenvalue weighted by Crippen LogP contribution is 2.16. The van der Waals surface area contributed by atoms with Crippen LogP contribution in [0, 0.1) is 11.6 Å². The van der Waals surface area contributed by atoms with Gasteiger partial charge in [-0.25, -0.2) is 13.6 Å². The Hall–Kier alpha value is -1.95. The van der Waals surface area contributed by atoms with E-state index < -0.39 is 17.2 Å². The predicted molar refractivity (Wildman–Crippen MR) is 94.2 cm³/mol. The molecule has 0 saturated carbocycles. The molecule has 0 radical (unpaired) electrons. The van der Waals surface area contributed by atoms with Gasteiger partial charge in [-0.3, -0.25) is 0 Å². The van der Waals surface area contributed by atoms with Crippen LogP contribution in [0.2, 0.25) is 0 Å². The average molecular weight is 352 g/mol. The van der Waals surface area contributed by atoms with Crippen molar-refractivity contribution in [3.63, 3.8) is 0 Å². The molecule has 1 aliphatic heterocycles. The summed E-state index contributed by atoms with van der Waals surface area (Å²) in [6.45, 7) is 9.24. The smallest absolute Gasteiger partial charge is 0.410 e. The number of carbonyl (C=O) groups is 1. The van der Waals surface area contributed by atoms with Gasteiger partial charge in [-0.2, -0.15) is 0 Å². The van der Waals surface area contributed by atoms with Crippen LogP contribution in [0.25, 0.3) is 6.08 Å². The fourth-order valence-corrected chi connectivity index (χ4v) is 2.66. The average Bonchev–Trinajstić information content (AvgIpc) is 2.95. The Kier molecular flexibility index (Phi) is 6.16. The molecular formula is C19H26F2N2O2. The Morgan fingerprint density at radius 2 is 2.12 bits per heavy atom. The van der Waals surface area contributed by atoms with Crippen molar-refractivity contribution in [2.45, 2.75) is 45.8 Å². The number of hydrogen-bond acceptors (Lipinski definition) is 3. The Morgan fingerprint density at radius 1 is 1.40 bits per heavy atom. The summed E-state index contributed by atoms with van der Waals surface area (Å²) in [6.07, 6.45) is 2.25. The molecule has 0 bridgehead atoms. The first-order valence-corrected chi connectivity index (χ1v) is 8.47. The van der Waals surface area contributed by atoms with Crippen LogP contribution in [0.4, 0.5) is 13.6 Å². The number of halogens is 2. The lowest BCUT2D eigenvalue weighted by molar-refractivity contribution is 0.0291. The fraction of sp³-hybridized carbons (Fsp3) is 0.526. The van der Waals surface area contributed by atoms with Crippen LogP contribution in [0.5, 0.6) is 0 Å². The number of benzene rings is 1. The number of amides is 1. The van der Waals surface area contributed by atoms with E-state index in [1.807, 2.05) is 27.7 Å². The van der Waals surface area contributed by atoms with Gasteiger partial charge >= 0.3 is 6.09 Å². The molecule has 0 aromatic heterocycles. The highest BCUT2D eigenvalue weighted by molar-refractivity contribution is 5.68. The van der Waals surface area contributed by atoms with Gasteiger partial charge < -0.3 is 15.0 Å². The molecule has 1 aromatic rings. The van der Waals surface area contributed by atoms with Crippen LogP contribution in [-0.4, -0.2) is 42.3 Å². The Labute approximate surface area is 147 Å². The zero-order chi connectivity index (χ0) is 18.6. The molecule has 0 spiro atoms. The summed E-state index contributed by atoms with van der Waals surface area (Å²) in [5.41, 5.74) is 0.796. The summed E-state index contributed by atoms with van der Waals surface area (Å²) in [5.74, 6) is -1.16. The predicted octanol–water partition coefficient (Wildman–Crippen LogP) is 3.97. The molecular weight excluding hydrogens is 326 g/mol. The van der Waals surface area contributed by atoms with Crippen LogP contribution in [0.3, 0.4) is 0 Å². The van der Waals surface area contributed by atoms with Gasteiger partial charge in [0.05, 0.1) is 0 Å². The van der Waals surface area contributed by atoms with Crippen LogP contribution in [0.1, 0.15) is 39.7 Å². The van der Waals surface area contributed by atoms with Crippen molar-refractivity contribution in [1.29, 1.82) is 0 Å². The summed E-state index contributed by atoms with van der Waals surface area (Å²) in [6, 6.07) is 3.72. The largest absolute Gasteiger partial charge is 0.444 e. The molecule has 1 N–H and O–H groups in total. The zero-order valence-electron chi connectivity index (χ0n) is 15.2. The number of nitrogens with zero attached hydrogens (tertiary/aromatic N) is 1. The topological polar surface area (TPSA) is 41.6 Å². The fourth-order valence-electron chi connectivity index (χ4n) is 2.66. The van der Waals surface area contributed by atoms with Crippen molar-refractivity contribution in [1.82, 2.24) is 10.2 Å². The standard InChI is InChI=1S/C19H26F2N2O2/c1-13(9-14-5-6-15(20)10-17(14)21)11-22-16-7-8-23(12-16)18(24)25-19(2,3)4/h5-6,9-10,16,22H,7-8,11-12H2,1-4H3. The third-order valence-corrected chi connectivity index (χ3v) is 3.87. The second-order valence-electron chi connectivity index (χ2n) is 7.45. The van der Waals surface area contributed by atoms with E-state index in [4.69, 9.17) is 4.74 Å². The minimum absolute atomic E-state index is 0.175. The van der Waals surface area contributed by atoms with Crippen molar-refractivity contribution < 1.29 is 18.3 Å². The summed E-state index contributed by atoms with van der Waals surface area (Å²) >= 11 is 0. The van der Waals surface area contributed by atoms with Gasteiger partial charge in [0, 0.05) is 37.3 Å². The number of hydrogen-bond donors (Lipinski definition) is 1. The summed E-state index contributed by atoms with van der Waals surface area (Å²) in [4.78, 5) is 13.7. The lowest BCUT2D eigenvalue weighted by Gasteiger charge is -2.24. The lowest BCUT2D eigenvalue weighted by Crippen LogP contribution is -2.38. The zero-order valence-corrected chi connectivity index (χ0v) is 15.2. The summed E-state index contributed by atoms with van der Waals surface area (Å²) < 4.78 is 32.0. The Balaban J connectivity index is 1.83. The van der Waals surface area contributed by atoms with Gasteiger partial charge in [-0.15, -0.1) is 0 Å². The molecule has 4 nitrogen and oxygen atoms in total. The normalized spacial score (nSPS) is 18.6. The van der Waals surface area contributed by atoms with Gasteiger partial charge in [0.1, 0.15) is 17.2 Å². The van der Waals surface area contributed by atoms with Crippen LogP contribution >= 0.6 is 0 Å². The molecule has 1 heterocycles. The molecule has 1 fully saturated rings. The Morgan fingerprint density at radius 3 is 2.76 bits per heavy atom. The maximum absolute atomic E-state index is 13.7. The first kappa shape index (κ1) is 19.4. The van der Waals surface area contributed by atoms with Crippen LogP contribution in [0.15, 0.2) is 23.8 Å². The Bertz CT molecular complexity index is 653. The maximum Gasteiger partial charge on any atom is 0.410 e. The van der Waals surface area contributed by atoms with E-state index in [1.165, 1.54) is 12.1 Å². The van der Waals surface area contributed by atoms with Gasteiger partial charge in [0.25, 0.3) is 0 Å². The van der Waals surface area contributed by atoms with E-state index in [0.29, 0.717) is 25.2 Å². The number of likely N-dealkylation sites (tertiary alicyclic amines) is 1. The molecule has 6 heteroatoms. The quantitative estimate of drug-likeness (QED) is 0.892. The van der Waals surface area contributed by atoms with E-state index >= 15 is 0 Å². The molecule has 1 aromatic carbocycles. The number of nitrogens with one attached hydrogen (secondary N) is 1. The minimum Gasteiger partial charge on any atom is -0.444 e. The van der Waals surface area contributed by atoms with Crippen molar-refractivity contribution in [3.8, 4) is 0 Å². The molecule has 25 heavy (non-hydrogen) atoms. The monoisotopic (exact) mass is 352 g/mol. The summed E-state index contributed by atoms with van der Waals surface area (Å²) in [7, 11) is 0. The number of ether oxygens (including phenoxy) is 1. The number of carbonyl (C=O) groups excluding carboxylic acids is 1. The van der Waals surface area contributed by atoms with Crippen LogP contribution in [-0.2, 0) is 4.74 Å². The van der Waals surface area contributed by atoms with Crippen molar-refractivity contribution in [2.24, 2.45) is 0 Å². The van der Waals surface area contributed by atoms with Gasteiger partial charge in [0.2, 0.25) is 0 Å². The minimum atomic E-state index is -0.585. The molecule has 1 amide bonds. The summed E-state index contributed by atoms with van der Waals surface area (Å²) in [5, 5.41) is 3.37. The molecule has 138 valence electrons. The van der Waals surface area contributed by atoms with Gasteiger partial charge in [-0.05, 0) is 46.2 Å². The molecule has 1 saturated heterocycles.